The molecule has 3 rings (SSSR count). The van der Waals surface area contributed by atoms with Gasteiger partial charge in [0.25, 0.3) is 0 Å². The summed E-state index contributed by atoms with van der Waals surface area (Å²) in [6.07, 6.45) is 5.99. The van der Waals surface area contributed by atoms with Crippen LogP contribution in [0.2, 0.25) is 0 Å². The molecule has 6 heteroatoms. The third kappa shape index (κ3) is 5.94. The molecule has 1 aliphatic heterocycles. The van der Waals surface area contributed by atoms with E-state index in [1.807, 2.05) is 17.0 Å². The minimum absolute atomic E-state index is 0.0186. The molecule has 5 nitrogen and oxygen atoms in total. The number of likely N-dealkylation sites (tertiary alicyclic amines) is 1. The molecule has 2 aromatic rings. The summed E-state index contributed by atoms with van der Waals surface area (Å²) in [6.45, 7) is 5.34. The van der Waals surface area contributed by atoms with E-state index in [0.29, 0.717) is 18.2 Å². The number of hydrogen-bond acceptors (Lipinski definition) is 4. The Morgan fingerprint density at radius 2 is 1.86 bits per heavy atom. The van der Waals surface area contributed by atoms with E-state index < -0.39 is 0 Å². The SMILES string of the molecule is CCN(Cc1ccncc1)C1CCCN(C(=O)CCC(=O)c2ccc(F)cc2)C1. The van der Waals surface area contributed by atoms with Crippen LogP contribution in [0.4, 0.5) is 4.39 Å². The lowest BCUT2D eigenvalue weighted by Gasteiger charge is -2.39. The van der Waals surface area contributed by atoms with Crippen LogP contribution in [0.1, 0.15) is 48.5 Å². The van der Waals surface area contributed by atoms with E-state index in [2.05, 4.69) is 16.8 Å². The third-order valence-corrected chi connectivity index (χ3v) is 5.54. The molecule has 1 atom stereocenters. The molecule has 0 aliphatic carbocycles. The van der Waals surface area contributed by atoms with Crippen LogP contribution >= 0.6 is 0 Å². The summed E-state index contributed by atoms with van der Waals surface area (Å²) in [4.78, 5) is 33.3. The topological polar surface area (TPSA) is 53.5 Å². The predicted molar refractivity (Wildman–Crippen MR) is 110 cm³/mol. The van der Waals surface area contributed by atoms with E-state index in [1.54, 1.807) is 12.4 Å². The van der Waals surface area contributed by atoms with Crippen molar-refractivity contribution in [2.75, 3.05) is 19.6 Å². The number of carbonyl (C=O) groups is 2. The van der Waals surface area contributed by atoms with Crippen molar-refractivity contribution in [3.05, 3.63) is 65.7 Å². The average molecular weight is 397 g/mol. The number of ketones is 1. The van der Waals surface area contributed by atoms with Crippen LogP contribution in [-0.2, 0) is 11.3 Å². The number of Topliss-reactive ketones (excluding diaryl/α,β-unsaturated/α-hetero) is 1. The van der Waals surface area contributed by atoms with Gasteiger partial charge in [-0.05, 0) is 61.3 Å². The summed E-state index contributed by atoms with van der Waals surface area (Å²) in [5.41, 5.74) is 1.67. The molecule has 1 amide bonds. The summed E-state index contributed by atoms with van der Waals surface area (Å²) < 4.78 is 13.0. The molecule has 1 unspecified atom stereocenters. The van der Waals surface area contributed by atoms with Crippen LogP contribution < -0.4 is 0 Å². The van der Waals surface area contributed by atoms with Crippen molar-refractivity contribution in [2.45, 2.75) is 45.2 Å². The Morgan fingerprint density at radius 3 is 2.55 bits per heavy atom. The van der Waals surface area contributed by atoms with E-state index >= 15 is 0 Å². The van der Waals surface area contributed by atoms with E-state index in [4.69, 9.17) is 0 Å². The Kier molecular flexibility index (Phi) is 7.47. The van der Waals surface area contributed by atoms with Crippen molar-refractivity contribution in [2.24, 2.45) is 0 Å². The van der Waals surface area contributed by atoms with Gasteiger partial charge in [0.05, 0.1) is 0 Å². The molecule has 0 N–H and O–H groups in total. The van der Waals surface area contributed by atoms with Crippen LogP contribution in [-0.4, -0.2) is 52.2 Å². The number of amides is 1. The smallest absolute Gasteiger partial charge is 0.223 e. The highest BCUT2D eigenvalue weighted by Gasteiger charge is 2.27. The maximum atomic E-state index is 13.0. The molecule has 0 radical (unpaired) electrons. The summed E-state index contributed by atoms with van der Waals surface area (Å²) in [5.74, 6) is -0.478. The minimum Gasteiger partial charge on any atom is -0.341 e. The van der Waals surface area contributed by atoms with Gasteiger partial charge in [-0.15, -0.1) is 0 Å². The first kappa shape index (κ1) is 21.1. The maximum absolute atomic E-state index is 13.0. The molecule has 0 spiro atoms. The third-order valence-electron chi connectivity index (χ3n) is 5.54. The molecule has 0 saturated carbocycles. The summed E-state index contributed by atoms with van der Waals surface area (Å²) >= 11 is 0. The van der Waals surface area contributed by atoms with E-state index in [-0.39, 0.29) is 30.3 Å². The zero-order valence-corrected chi connectivity index (χ0v) is 16.9. The highest BCUT2D eigenvalue weighted by Crippen LogP contribution is 2.19. The Bertz CT molecular complexity index is 811. The molecule has 0 bridgehead atoms. The molecule has 1 saturated heterocycles. The van der Waals surface area contributed by atoms with Crippen LogP contribution in [0.25, 0.3) is 0 Å². The number of hydrogen-bond donors (Lipinski definition) is 0. The Balaban J connectivity index is 1.53. The number of halogens is 1. The lowest BCUT2D eigenvalue weighted by Crippen LogP contribution is -2.49. The van der Waals surface area contributed by atoms with Gasteiger partial charge in [0.2, 0.25) is 5.91 Å². The van der Waals surface area contributed by atoms with E-state index in [9.17, 15) is 14.0 Å². The van der Waals surface area contributed by atoms with Crippen LogP contribution in [0.3, 0.4) is 0 Å². The normalized spacial score (nSPS) is 16.8. The zero-order valence-electron chi connectivity index (χ0n) is 16.9. The van der Waals surface area contributed by atoms with Crippen molar-refractivity contribution in [3.8, 4) is 0 Å². The molecule has 1 aliphatic rings. The zero-order chi connectivity index (χ0) is 20.6. The first-order valence-electron chi connectivity index (χ1n) is 10.3. The highest BCUT2D eigenvalue weighted by atomic mass is 19.1. The molecule has 1 aromatic carbocycles. The highest BCUT2D eigenvalue weighted by molar-refractivity contribution is 5.97. The fraction of sp³-hybridized carbons (Fsp3) is 0.435. The number of rotatable bonds is 8. The second-order valence-electron chi connectivity index (χ2n) is 7.48. The fourth-order valence-corrected chi connectivity index (χ4v) is 3.86. The van der Waals surface area contributed by atoms with Crippen LogP contribution in [0.5, 0.6) is 0 Å². The Hall–Kier alpha value is -2.60. The van der Waals surface area contributed by atoms with Gasteiger partial charge in [-0.25, -0.2) is 4.39 Å². The van der Waals surface area contributed by atoms with Gasteiger partial charge in [0.15, 0.2) is 5.78 Å². The van der Waals surface area contributed by atoms with Gasteiger partial charge < -0.3 is 4.90 Å². The molecular weight excluding hydrogens is 369 g/mol. The number of nitrogens with zero attached hydrogens (tertiary/aromatic N) is 3. The minimum atomic E-state index is -0.371. The van der Waals surface area contributed by atoms with Crippen molar-refractivity contribution >= 4 is 11.7 Å². The number of benzene rings is 1. The standard InChI is InChI=1S/C23H28FN3O2/c1-2-26(16-18-11-13-25-14-12-18)21-4-3-15-27(17-21)23(29)10-9-22(28)19-5-7-20(24)8-6-19/h5-8,11-14,21H,2-4,9-10,15-17H2,1H3. The number of pyridine rings is 1. The maximum Gasteiger partial charge on any atom is 0.223 e. The number of piperidine rings is 1. The summed E-state index contributed by atoms with van der Waals surface area (Å²) in [7, 11) is 0. The van der Waals surface area contributed by atoms with Gasteiger partial charge >= 0.3 is 0 Å². The average Bonchev–Trinajstić information content (AvgIpc) is 2.77. The first-order valence-corrected chi connectivity index (χ1v) is 10.3. The molecule has 2 heterocycles. The molecule has 1 fully saturated rings. The number of carbonyl (C=O) groups excluding carboxylic acids is 2. The lowest BCUT2D eigenvalue weighted by atomic mass is 10.0. The molecule has 1 aromatic heterocycles. The van der Waals surface area contributed by atoms with Crippen LogP contribution in [0.15, 0.2) is 48.8 Å². The largest absolute Gasteiger partial charge is 0.341 e. The van der Waals surface area contributed by atoms with Gasteiger partial charge in [0.1, 0.15) is 5.82 Å². The van der Waals surface area contributed by atoms with E-state index in [0.717, 1.165) is 32.5 Å². The number of aromatic nitrogens is 1. The second kappa shape index (κ2) is 10.3. The van der Waals surface area contributed by atoms with Gasteiger partial charge in [0, 0.05) is 56.5 Å². The number of likely N-dealkylation sites (N-methyl/N-ethyl adjacent to an activating group) is 1. The summed E-state index contributed by atoms with van der Waals surface area (Å²) in [6, 6.07) is 9.84. The van der Waals surface area contributed by atoms with Gasteiger partial charge in [-0.3, -0.25) is 19.5 Å². The first-order chi connectivity index (χ1) is 14.1. The Labute approximate surface area is 171 Å². The van der Waals surface area contributed by atoms with E-state index in [1.165, 1.54) is 29.8 Å². The second-order valence-corrected chi connectivity index (χ2v) is 7.48. The van der Waals surface area contributed by atoms with Crippen LogP contribution in [0, 0.1) is 5.82 Å². The Morgan fingerprint density at radius 1 is 1.14 bits per heavy atom. The van der Waals surface area contributed by atoms with Crippen molar-refractivity contribution < 1.29 is 14.0 Å². The fourth-order valence-electron chi connectivity index (χ4n) is 3.86. The quantitative estimate of drug-likeness (QED) is 0.638. The molecule has 154 valence electrons. The lowest BCUT2D eigenvalue weighted by molar-refractivity contribution is -0.133. The van der Waals surface area contributed by atoms with Gasteiger partial charge in [-0.1, -0.05) is 6.92 Å². The summed E-state index contributed by atoms with van der Waals surface area (Å²) in [5, 5.41) is 0. The molecular formula is C23H28FN3O2. The van der Waals surface area contributed by atoms with Crippen molar-refractivity contribution in [1.29, 1.82) is 0 Å². The van der Waals surface area contributed by atoms with Gasteiger partial charge in [-0.2, -0.15) is 0 Å². The van der Waals surface area contributed by atoms with Crippen molar-refractivity contribution in [3.63, 3.8) is 0 Å². The predicted octanol–water partition coefficient (Wildman–Crippen LogP) is 3.70. The monoisotopic (exact) mass is 397 g/mol. The molecule has 29 heavy (non-hydrogen) atoms. The van der Waals surface area contributed by atoms with Crippen molar-refractivity contribution in [1.82, 2.24) is 14.8 Å².